The van der Waals surface area contributed by atoms with E-state index in [1.54, 1.807) is 25.1 Å². The topological polar surface area (TPSA) is 66.5 Å². The Hall–Kier alpha value is -2.49. The fourth-order valence-electron chi connectivity index (χ4n) is 2.39. The van der Waals surface area contributed by atoms with E-state index < -0.39 is 10.0 Å². The molecule has 0 saturated carbocycles. The molecule has 2 rings (SSSR count). The zero-order valence-corrected chi connectivity index (χ0v) is 16.1. The lowest BCUT2D eigenvalue weighted by Gasteiger charge is -2.21. The fourth-order valence-corrected chi connectivity index (χ4v) is 3.20. The second-order valence-corrected chi connectivity index (χ2v) is 8.02. The van der Waals surface area contributed by atoms with E-state index >= 15 is 0 Å². The molecule has 0 aliphatic rings. The van der Waals surface area contributed by atoms with Crippen LogP contribution in [0.2, 0.25) is 5.02 Å². The Kier molecular flexibility index (Phi) is 6.30. The van der Waals surface area contributed by atoms with Crippen LogP contribution in [-0.4, -0.2) is 32.0 Å². The van der Waals surface area contributed by atoms with Crippen LogP contribution in [-0.2, 0) is 16.6 Å². The van der Waals surface area contributed by atoms with Gasteiger partial charge in [-0.05, 0) is 36.2 Å². The smallest absolute Gasteiger partial charge is 0.255 e. The molecular formula is C19H19ClN2O3S. The van der Waals surface area contributed by atoms with Gasteiger partial charge in [0.2, 0.25) is 10.0 Å². The Morgan fingerprint density at radius 1 is 1.27 bits per heavy atom. The lowest BCUT2D eigenvalue weighted by molar-refractivity contribution is 0.0766. The van der Waals surface area contributed by atoms with Crippen LogP contribution in [0, 0.1) is 19.3 Å². The van der Waals surface area contributed by atoms with E-state index in [4.69, 9.17) is 18.0 Å². The highest BCUT2D eigenvalue weighted by Crippen LogP contribution is 2.21. The number of hydrogen-bond acceptors (Lipinski definition) is 3. The number of anilines is 1. The Labute approximate surface area is 159 Å². The highest BCUT2D eigenvalue weighted by atomic mass is 35.5. The van der Waals surface area contributed by atoms with Crippen LogP contribution in [0.25, 0.3) is 0 Å². The monoisotopic (exact) mass is 390 g/mol. The van der Waals surface area contributed by atoms with Crippen molar-refractivity contribution in [1.82, 2.24) is 4.90 Å². The molecule has 1 amide bonds. The number of nitrogens with one attached hydrogen (secondary N) is 1. The van der Waals surface area contributed by atoms with Gasteiger partial charge in [0.15, 0.2) is 0 Å². The molecule has 2 aromatic carbocycles. The average Bonchev–Trinajstić information content (AvgIpc) is 2.56. The number of sulfonamides is 1. The molecule has 0 aromatic heterocycles. The van der Waals surface area contributed by atoms with Crippen LogP contribution in [0.3, 0.4) is 0 Å². The number of halogens is 1. The summed E-state index contributed by atoms with van der Waals surface area (Å²) in [4.78, 5) is 14.4. The molecule has 26 heavy (non-hydrogen) atoms. The molecule has 0 atom stereocenters. The number of terminal acetylenes is 1. The van der Waals surface area contributed by atoms with E-state index in [-0.39, 0.29) is 19.0 Å². The second-order valence-electron chi connectivity index (χ2n) is 5.86. The molecule has 0 heterocycles. The molecule has 7 heteroatoms. The van der Waals surface area contributed by atoms with Gasteiger partial charge in [-0.15, -0.1) is 6.42 Å². The predicted molar refractivity (Wildman–Crippen MR) is 105 cm³/mol. The van der Waals surface area contributed by atoms with E-state index in [9.17, 15) is 13.2 Å². The number of amides is 1. The van der Waals surface area contributed by atoms with Gasteiger partial charge in [0.25, 0.3) is 5.91 Å². The molecule has 0 fully saturated rings. The van der Waals surface area contributed by atoms with Gasteiger partial charge >= 0.3 is 0 Å². The van der Waals surface area contributed by atoms with Crippen molar-refractivity contribution in [2.45, 2.75) is 13.5 Å². The Bertz CT molecular complexity index is 965. The average molecular weight is 391 g/mol. The minimum atomic E-state index is -3.45. The molecule has 0 unspecified atom stereocenters. The fraction of sp³-hybridized carbons (Fsp3) is 0.211. The number of nitrogens with zero attached hydrogens (tertiary/aromatic N) is 1. The van der Waals surface area contributed by atoms with E-state index in [2.05, 4.69) is 10.6 Å². The van der Waals surface area contributed by atoms with Crippen LogP contribution >= 0.6 is 11.6 Å². The summed E-state index contributed by atoms with van der Waals surface area (Å²) in [7, 11) is -3.45. The first-order chi connectivity index (χ1) is 12.2. The molecule has 2 aromatic rings. The van der Waals surface area contributed by atoms with Gasteiger partial charge in [-0.1, -0.05) is 41.8 Å². The first-order valence-electron chi connectivity index (χ1n) is 7.76. The zero-order chi connectivity index (χ0) is 19.3. The number of hydrogen-bond donors (Lipinski definition) is 1. The summed E-state index contributed by atoms with van der Waals surface area (Å²) < 4.78 is 25.4. The normalized spacial score (nSPS) is 10.8. The third-order valence-electron chi connectivity index (χ3n) is 3.67. The van der Waals surface area contributed by atoms with Gasteiger partial charge in [-0.3, -0.25) is 9.52 Å². The highest BCUT2D eigenvalue weighted by Gasteiger charge is 2.18. The van der Waals surface area contributed by atoms with Gasteiger partial charge in [0, 0.05) is 17.1 Å². The summed E-state index contributed by atoms with van der Waals surface area (Å²) in [5.74, 6) is 2.17. The summed E-state index contributed by atoms with van der Waals surface area (Å²) in [5, 5.41) is 0.547. The number of rotatable bonds is 6. The maximum absolute atomic E-state index is 12.9. The minimum Gasteiger partial charge on any atom is -0.323 e. The summed E-state index contributed by atoms with van der Waals surface area (Å²) in [6.45, 7) is 2.11. The maximum atomic E-state index is 12.9. The van der Waals surface area contributed by atoms with Crippen molar-refractivity contribution in [3.8, 4) is 12.3 Å². The number of carbonyl (C=O) groups excluding carboxylic acids is 1. The van der Waals surface area contributed by atoms with E-state index in [0.29, 0.717) is 21.8 Å². The third-order valence-corrected chi connectivity index (χ3v) is 4.63. The molecule has 0 aliphatic heterocycles. The van der Waals surface area contributed by atoms with Crippen LogP contribution in [0.15, 0.2) is 42.5 Å². The molecule has 1 N–H and O–H groups in total. The first kappa shape index (κ1) is 19.8. The van der Waals surface area contributed by atoms with Crippen molar-refractivity contribution < 1.29 is 13.2 Å². The van der Waals surface area contributed by atoms with E-state index in [1.807, 2.05) is 18.2 Å². The number of carbonyl (C=O) groups is 1. The van der Waals surface area contributed by atoms with Crippen molar-refractivity contribution in [2.24, 2.45) is 0 Å². The van der Waals surface area contributed by atoms with Crippen molar-refractivity contribution in [3.05, 3.63) is 64.2 Å². The summed E-state index contributed by atoms with van der Waals surface area (Å²) in [6, 6.07) is 12.0. The number of aryl methyl sites for hydroxylation is 1. The van der Waals surface area contributed by atoms with Crippen LogP contribution < -0.4 is 4.72 Å². The van der Waals surface area contributed by atoms with Gasteiger partial charge < -0.3 is 4.90 Å². The molecular weight excluding hydrogens is 372 g/mol. The lowest BCUT2D eigenvalue weighted by atomic mass is 10.1. The molecule has 5 nitrogen and oxygen atoms in total. The van der Waals surface area contributed by atoms with Crippen molar-refractivity contribution >= 4 is 33.2 Å². The lowest BCUT2D eigenvalue weighted by Crippen LogP contribution is -2.31. The summed E-state index contributed by atoms with van der Waals surface area (Å²) in [5.41, 5.74) is 2.18. The van der Waals surface area contributed by atoms with Crippen LogP contribution in [0.5, 0.6) is 0 Å². The van der Waals surface area contributed by atoms with E-state index in [1.165, 1.54) is 11.0 Å². The van der Waals surface area contributed by atoms with Gasteiger partial charge in [-0.25, -0.2) is 8.42 Å². The molecule has 0 radical (unpaired) electrons. The largest absolute Gasteiger partial charge is 0.323 e. The van der Waals surface area contributed by atoms with Gasteiger partial charge in [-0.2, -0.15) is 0 Å². The Morgan fingerprint density at radius 3 is 2.58 bits per heavy atom. The van der Waals surface area contributed by atoms with Crippen molar-refractivity contribution in [3.63, 3.8) is 0 Å². The zero-order valence-electron chi connectivity index (χ0n) is 14.5. The van der Waals surface area contributed by atoms with Crippen molar-refractivity contribution in [1.29, 1.82) is 0 Å². The molecule has 0 spiro atoms. The SMILES string of the molecule is C#CCN(Cc1ccccc1Cl)C(=O)c1ccc(C)c(NS(C)(=O)=O)c1. The van der Waals surface area contributed by atoms with Crippen LogP contribution in [0.1, 0.15) is 21.5 Å². The highest BCUT2D eigenvalue weighted by molar-refractivity contribution is 7.92. The Balaban J connectivity index is 2.33. The summed E-state index contributed by atoms with van der Waals surface area (Å²) >= 11 is 6.17. The standard InChI is InChI=1S/C19H19ClN2O3S/c1-4-11-22(13-16-7-5-6-8-17(16)20)19(23)15-10-9-14(2)18(12-15)21-26(3,24)25/h1,5-10,12,21H,11,13H2,2-3H3. The third kappa shape index (κ3) is 5.25. The van der Waals surface area contributed by atoms with Gasteiger partial charge in [0.1, 0.15) is 0 Å². The maximum Gasteiger partial charge on any atom is 0.255 e. The second kappa shape index (κ2) is 8.26. The first-order valence-corrected chi connectivity index (χ1v) is 10.0. The summed E-state index contributed by atoms with van der Waals surface area (Å²) in [6.07, 6.45) is 6.46. The predicted octanol–water partition coefficient (Wildman–Crippen LogP) is 3.30. The van der Waals surface area contributed by atoms with Crippen LogP contribution in [0.4, 0.5) is 5.69 Å². The molecule has 0 saturated heterocycles. The van der Waals surface area contributed by atoms with E-state index in [0.717, 1.165) is 11.8 Å². The number of benzene rings is 2. The Morgan fingerprint density at radius 2 is 1.96 bits per heavy atom. The minimum absolute atomic E-state index is 0.104. The molecule has 136 valence electrons. The van der Waals surface area contributed by atoms with Crippen molar-refractivity contribution in [2.75, 3.05) is 17.5 Å². The van der Waals surface area contributed by atoms with Gasteiger partial charge in [0.05, 0.1) is 18.5 Å². The quantitative estimate of drug-likeness (QED) is 0.769. The molecule has 0 bridgehead atoms. The molecule has 0 aliphatic carbocycles.